The number of allylic oxidation sites excluding steroid dienone is 1. The molecule has 0 aliphatic carbocycles. The first-order valence-electron chi connectivity index (χ1n) is 8.41. The Morgan fingerprint density at radius 3 is 2.58 bits per heavy atom. The summed E-state index contributed by atoms with van der Waals surface area (Å²) in [5, 5.41) is 3.57. The van der Waals surface area contributed by atoms with Gasteiger partial charge < -0.3 is 14.8 Å². The fourth-order valence-corrected chi connectivity index (χ4v) is 2.72. The first-order chi connectivity index (χ1) is 11.7. The summed E-state index contributed by atoms with van der Waals surface area (Å²) >= 11 is 0. The van der Waals surface area contributed by atoms with E-state index in [-0.39, 0.29) is 6.04 Å². The highest BCUT2D eigenvalue weighted by Crippen LogP contribution is 2.33. The van der Waals surface area contributed by atoms with Crippen molar-refractivity contribution in [3.63, 3.8) is 0 Å². The topological polar surface area (TPSA) is 30.5 Å². The minimum atomic E-state index is 0.284. The molecule has 0 amide bonds. The van der Waals surface area contributed by atoms with Crippen LogP contribution in [-0.4, -0.2) is 13.7 Å². The van der Waals surface area contributed by atoms with Gasteiger partial charge in [0.05, 0.1) is 13.7 Å². The van der Waals surface area contributed by atoms with E-state index in [2.05, 4.69) is 49.2 Å². The predicted octanol–water partition coefficient (Wildman–Crippen LogP) is 4.67. The summed E-state index contributed by atoms with van der Waals surface area (Å²) in [7, 11) is 1.68. The number of methoxy groups -OCH3 is 1. The summed E-state index contributed by atoms with van der Waals surface area (Å²) in [6, 6.07) is 14.9. The van der Waals surface area contributed by atoms with E-state index in [1.165, 1.54) is 11.1 Å². The number of hydrogen-bond donors (Lipinski definition) is 1. The Morgan fingerprint density at radius 2 is 1.96 bits per heavy atom. The average Bonchev–Trinajstić information content (AvgIpc) is 2.62. The minimum absolute atomic E-state index is 0.284. The van der Waals surface area contributed by atoms with Gasteiger partial charge in [0.15, 0.2) is 11.5 Å². The van der Waals surface area contributed by atoms with Crippen LogP contribution in [0.15, 0.2) is 55.1 Å². The lowest BCUT2D eigenvalue weighted by Crippen LogP contribution is -2.18. The van der Waals surface area contributed by atoms with Crippen LogP contribution in [0.4, 0.5) is 0 Å². The van der Waals surface area contributed by atoms with E-state index < -0.39 is 0 Å². The second kappa shape index (κ2) is 9.14. The Kier molecular flexibility index (Phi) is 6.89. The Labute approximate surface area is 145 Å². The molecule has 0 aromatic heterocycles. The van der Waals surface area contributed by atoms with Crippen molar-refractivity contribution < 1.29 is 9.47 Å². The van der Waals surface area contributed by atoms with Gasteiger partial charge in [-0.25, -0.2) is 0 Å². The molecule has 0 bridgehead atoms. The van der Waals surface area contributed by atoms with Crippen molar-refractivity contribution in [3.8, 4) is 11.5 Å². The Balaban J connectivity index is 2.17. The fourth-order valence-electron chi connectivity index (χ4n) is 2.72. The van der Waals surface area contributed by atoms with Crippen LogP contribution in [0.1, 0.15) is 36.6 Å². The summed E-state index contributed by atoms with van der Waals surface area (Å²) in [5.74, 6) is 1.60. The number of nitrogens with one attached hydrogen (secondary N) is 1. The monoisotopic (exact) mass is 325 g/mol. The van der Waals surface area contributed by atoms with Crippen LogP contribution in [0.5, 0.6) is 11.5 Å². The van der Waals surface area contributed by atoms with Crippen LogP contribution >= 0.6 is 0 Å². The van der Waals surface area contributed by atoms with Gasteiger partial charge in [0, 0.05) is 18.2 Å². The second-order valence-corrected chi connectivity index (χ2v) is 5.73. The van der Waals surface area contributed by atoms with Gasteiger partial charge in [-0.3, -0.25) is 0 Å². The smallest absolute Gasteiger partial charge is 0.164 e. The maximum atomic E-state index is 5.77. The lowest BCUT2D eigenvalue weighted by atomic mass is 10.0. The number of ether oxygens (including phenoxy) is 2. The van der Waals surface area contributed by atoms with E-state index in [9.17, 15) is 0 Å². The van der Waals surface area contributed by atoms with Crippen LogP contribution < -0.4 is 14.8 Å². The zero-order chi connectivity index (χ0) is 17.4. The van der Waals surface area contributed by atoms with Gasteiger partial charge >= 0.3 is 0 Å². The quantitative estimate of drug-likeness (QED) is 0.679. The van der Waals surface area contributed by atoms with Gasteiger partial charge in [-0.15, -0.1) is 6.58 Å². The molecule has 0 heterocycles. The molecule has 0 aliphatic heterocycles. The maximum Gasteiger partial charge on any atom is 0.164 e. The summed E-state index contributed by atoms with van der Waals surface area (Å²) in [4.78, 5) is 0. The molecule has 0 radical (unpaired) electrons. The molecule has 3 nitrogen and oxygen atoms in total. The van der Waals surface area contributed by atoms with Crippen molar-refractivity contribution in [1.82, 2.24) is 5.32 Å². The molecule has 0 saturated heterocycles. The molecule has 0 spiro atoms. The van der Waals surface area contributed by atoms with Crippen molar-refractivity contribution in [2.75, 3.05) is 13.7 Å². The first-order valence-corrected chi connectivity index (χ1v) is 8.41. The van der Waals surface area contributed by atoms with Crippen molar-refractivity contribution in [2.24, 2.45) is 0 Å². The predicted molar refractivity (Wildman–Crippen MR) is 99.8 cm³/mol. The van der Waals surface area contributed by atoms with Crippen LogP contribution in [0.2, 0.25) is 0 Å². The lowest BCUT2D eigenvalue weighted by molar-refractivity contribution is 0.308. The average molecular weight is 325 g/mol. The number of benzene rings is 2. The molecule has 128 valence electrons. The van der Waals surface area contributed by atoms with Crippen LogP contribution in [-0.2, 0) is 13.0 Å². The number of hydrogen-bond acceptors (Lipinski definition) is 3. The van der Waals surface area contributed by atoms with E-state index in [1.807, 2.05) is 25.1 Å². The standard InChI is InChI=1S/C21H27NO2/c1-5-10-19-13-17(14-20(23-4)21(19)24-6-2)15-22-16(3)18-11-8-7-9-12-18/h5,7-9,11-14,16,22H,1,6,10,15H2,2-4H3/t16-/m0/s1. The SMILES string of the molecule is C=CCc1cc(CN[C@@H](C)c2ccccc2)cc(OC)c1OCC. The Bertz CT molecular complexity index is 652. The molecular weight excluding hydrogens is 298 g/mol. The molecule has 0 saturated carbocycles. The first kappa shape index (κ1) is 18.1. The molecule has 2 rings (SSSR count). The summed E-state index contributed by atoms with van der Waals surface area (Å²) in [5.41, 5.74) is 3.56. The third kappa shape index (κ3) is 4.62. The Morgan fingerprint density at radius 1 is 1.21 bits per heavy atom. The molecule has 0 fully saturated rings. The lowest BCUT2D eigenvalue weighted by Gasteiger charge is -2.18. The van der Waals surface area contributed by atoms with E-state index in [0.29, 0.717) is 6.61 Å². The van der Waals surface area contributed by atoms with Gasteiger partial charge in [-0.2, -0.15) is 0 Å². The van der Waals surface area contributed by atoms with Crippen molar-refractivity contribution in [2.45, 2.75) is 32.9 Å². The zero-order valence-corrected chi connectivity index (χ0v) is 14.8. The van der Waals surface area contributed by atoms with Gasteiger partial charge in [0.25, 0.3) is 0 Å². The fraction of sp³-hybridized carbons (Fsp3) is 0.333. The molecule has 2 aromatic carbocycles. The maximum absolute atomic E-state index is 5.77. The molecule has 2 aromatic rings. The molecular formula is C21H27NO2. The molecule has 24 heavy (non-hydrogen) atoms. The molecule has 3 heteroatoms. The number of rotatable bonds is 9. The zero-order valence-electron chi connectivity index (χ0n) is 14.8. The van der Waals surface area contributed by atoms with Crippen molar-refractivity contribution in [1.29, 1.82) is 0 Å². The molecule has 1 atom stereocenters. The van der Waals surface area contributed by atoms with Gasteiger partial charge in [-0.1, -0.05) is 42.5 Å². The van der Waals surface area contributed by atoms with Gasteiger partial charge in [0.2, 0.25) is 0 Å². The highest BCUT2D eigenvalue weighted by atomic mass is 16.5. The Hall–Kier alpha value is -2.26. The summed E-state index contributed by atoms with van der Waals surface area (Å²) < 4.78 is 11.3. The molecule has 0 unspecified atom stereocenters. The largest absolute Gasteiger partial charge is 0.493 e. The molecule has 1 N–H and O–H groups in total. The van der Waals surface area contributed by atoms with Crippen LogP contribution in [0.25, 0.3) is 0 Å². The van der Waals surface area contributed by atoms with E-state index in [1.54, 1.807) is 7.11 Å². The van der Waals surface area contributed by atoms with E-state index in [0.717, 1.165) is 30.0 Å². The van der Waals surface area contributed by atoms with E-state index in [4.69, 9.17) is 9.47 Å². The third-order valence-electron chi connectivity index (χ3n) is 3.98. The highest BCUT2D eigenvalue weighted by Gasteiger charge is 2.13. The highest BCUT2D eigenvalue weighted by molar-refractivity contribution is 5.50. The van der Waals surface area contributed by atoms with Crippen molar-refractivity contribution in [3.05, 3.63) is 71.8 Å². The molecule has 0 aliphatic rings. The summed E-state index contributed by atoms with van der Waals surface area (Å²) in [6.07, 6.45) is 2.65. The van der Waals surface area contributed by atoms with Crippen molar-refractivity contribution >= 4 is 0 Å². The minimum Gasteiger partial charge on any atom is -0.493 e. The second-order valence-electron chi connectivity index (χ2n) is 5.73. The van der Waals surface area contributed by atoms with Gasteiger partial charge in [-0.05, 0) is 37.5 Å². The normalized spacial score (nSPS) is 11.8. The van der Waals surface area contributed by atoms with E-state index >= 15 is 0 Å². The van der Waals surface area contributed by atoms with Crippen LogP contribution in [0, 0.1) is 0 Å². The van der Waals surface area contributed by atoms with Crippen LogP contribution in [0.3, 0.4) is 0 Å². The van der Waals surface area contributed by atoms with Gasteiger partial charge in [0.1, 0.15) is 0 Å². The summed E-state index contributed by atoms with van der Waals surface area (Å²) in [6.45, 7) is 9.38. The third-order valence-corrected chi connectivity index (χ3v) is 3.98.